The standard InChI is InChI=1S/C29H28N4O4/c34-26(31-16-14-30(15-17-31)18-19-37-21-8-2-1-3-9-21)20-32-27-22-10-4-5-11-23(22)29(36)33(27)25-13-7-6-12-24(25)28(32)35/h1-13,27H,14-20H2/t27-/m0/s1. The Morgan fingerprint density at radius 2 is 1.46 bits per heavy atom. The van der Waals surface area contributed by atoms with Crippen LogP contribution in [0.3, 0.4) is 0 Å². The Kier molecular flexibility index (Phi) is 6.10. The monoisotopic (exact) mass is 496 g/mol. The third-order valence-corrected chi connectivity index (χ3v) is 7.33. The molecule has 8 heteroatoms. The molecule has 0 saturated carbocycles. The summed E-state index contributed by atoms with van der Waals surface area (Å²) in [5.74, 6) is 0.366. The Morgan fingerprint density at radius 3 is 2.24 bits per heavy atom. The van der Waals surface area contributed by atoms with Gasteiger partial charge in [-0.2, -0.15) is 0 Å². The molecule has 3 aliphatic rings. The molecule has 3 heterocycles. The van der Waals surface area contributed by atoms with Crippen LogP contribution in [-0.2, 0) is 4.79 Å². The molecule has 3 aliphatic heterocycles. The molecule has 1 atom stereocenters. The number of piperazine rings is 1. The predicted molar refractivity (Wildman–Crippen MR) is 138 cm³/mol. The third kappa shape index (κ3) is 4.23. The van der Waals surface area contributed by atoms with Crippen molar-refractivity contribution in [3.8, 4) is 5.75 Å². The van der Waals surface area contributed by atoms with Crippen LogP contribution in [0.2, 0.25) is 0 Å². The lowest BCUT2D eigenvalue weighted by atomic mass is 10.0. The van der Waals surface area contributed by atoms with Crippen molar-refractivity contribution in [2.75, 3.05) is 50.8 Å². The minimum absolute atomic E-state index is 0.0763. The van der Waals surface area contributed by atoms with E-state index in [1.54, 1.807) is 34.1 Å². The second-order valence-corrected chi connectivity index (χ2v) is 9.47. The van der Waals surface area contributed by atoms with Crippen molar-refractivity contribution < 1.29 is 19.1 Å². The van der Waals surface area contributed by atoms with Gasteiger partial charge in [-0.1, -0.05) is 48.5 Å². The molecule has 3 amide bonds. The van der Waals surface area contributed by atoms with E-state index in [0.717, 1.165) is 30.9 Å². The van der Waals surface area contributed by atoms with Gasteiger partial charge >= 0.3 is 0 Å². The zero-order valence-corrected chi connectivity index (χ0v) is 20.5. The number of rotatable bonds is 6. The predicted octanol–water partition coefficient (Wildman–Crippen LogP) is 3.02. The average molecular weight is 497 g/mol. The highest BCUT2D eigenvalue weighted by atomic mass is 16.5. The fourth-order valence-corrected chi connectivity index (χ4v) is 5.41. The van der Waals surface area contributed by atoms with Gasteiger partial charge in [0.15, 0.2) is 0 Å². The molecule has 0 spiro atoms. The van der Waals surface area contributed by atoms with E-state index in [1.807, 2.05) is 59.5 Å². The number of hydrogen-bond acceptors (Lipinski definition) is 5. The minimum Gasteiger partial charge on any atom is -0.492 e. The highest BCUT2D eigenvalue weighted by Crippen LogP contribution is 2.45. The number of fused-ring (bicyclic) bond motifs is 5. The number of para-hydroxylation sites is 2. The molecule has 6 rings (SSSR count). The maximum atomic E-state index is 13.6. The summed E-state index contributed by atoms with van der Waals surface area (Å²) in [5.41, 5.74) is 2.36. The number of carbonyl (C=O) groups excluding carboxylic acids is 3. The molecular formula is C29H28N4O4. The van der Waals surface area contributed by atoms with Crippen LogP contribution in [0.1, 0.15) is 32.4 Å². The van der Waals surface area contributed by atoms with Crippen LogP contribution >= 0.6 is 0 Å². The summed E-state index contributed by atoms with van der Waals surface area (Å²) >= 11 is 0. The minimum atomic E-state index is -0.619. The zero-order valence-electron chi connectivity index (χ0n) is 20.5. The average Bonchev–Trinajstić information content (AvgIpc) is 3.24. The van der Waals surface area contributed by atoms with Crippen LogP contribution in [0.5, 0.6) is 5.75 Å². The molecular weight excluding hydrogens is 468 g/mol. The van der Waals surface area contributed by atoms with E-state index in [9.17, 15) is 14.4 Å². The zero-order chi connectivity index (χ0) is 25.4. The van der Waals surface area contributed by atoms with Gasteiger partial charge in [0.1, 0.15) is 25.1 Å². The van der Waals surface area contributed by atoms with Gasteiger partial charge in [0.2, 0.25) is 5.91 Å². The molecule has 0 unspecified atom stereocenters. The lowest BCUT2D eigenvalue weighted by Gasteiger charge is -2.42. The SMILES string of the molecule is O=C(CN1C(=O)c2ccccc2N2C(=O)c3ccccc3[C@@H]12)N1CCN(CCOc2ccccc2)CC1. The van der Waals surface area contributed by atoms with Crippen molar-refractivity contribution in [3.63, 3.8) is 0 Å². The second kappa shape index (κ2) is 9.71. The summed E-state index contributed by atoms with van der Waals surface area (Å²) in [5, 5.41) is 0. The van der Waals surface area contributed by atoms with Crippen LogP contribution in [0, 0.1) is 0 Å². The molecule has 3 aromatic rings. The number of carbonyl (C=O) groups is 3. The molecule has 8 nitrogen and oxygen atoms in total. The molecule has 0 N–H and O–H groups in total. The van der Waals surface area contributed by atoms with E-state index < -0.39 is 6.17 Å². The van der Waals surface area contributed by atoms with E-state index in [-0.39, 0.29) is 24.3 Å². The van der Waals surface area contributed by atoms with Crippen molar-refractivity contribution in [1.82, 2.24) is 14.7 Å². The smallest absolute Gasteiger partial charge is 0.260 e. The maximum Gasteiger partial charge on any atom is 0.260 e. The van der Waals surface area contributed by atoms with Gasteiger partial charge in [-0.15, -0.1) is 0 Å². The van der Waals surface area contributed by atoms with Crippen LogP contribution in [0.25, 0.3) is 0 Å². The molecule has 0 bridgehead atoms. The molecule has 37 heavy (non-hydrogen) atoms. The molecule has 0 aromatic heterocycles. The normalized spacial score (nSPS) is 18.9. The van der Waals surface area contributed by atoms with E-state index in [1.165, 1.54) is 0 Å². The first-order valence-corrected chi connectivity index (χ1v) is 12.6. The summed E-state index contributed by atoms with van der Waals surface area (Å²) in [6, 6.07) is 24.2. The first kappa shape index (κ1) is 23.2. The van der Waals surface area contributed by atoms with Gasteiger partial charge in [-0.05, 0) is 30.3 Å². The Balaban J connectivity index is 1.13. The molecule has 188 valence electrons. The molecule has 1 fully saturated rings. The number of anilines is 1. The first-order chi connectivity index (χ1) is 18.1. The second-order valence-electron chi connectivity index (χ2n) is 9.47. The maximum absolute atomic E-state index is 13.6. The lowest BCUT2D eigenvalue weighted by molar-refractivity contribution is -0.134. The topological polar surface area (TPSA) is 73.4 Å². The van der Waals surface area contributed by atoms with Crippen LogP contribution in [0.15, 0.2) is 78.9 Å². The van der Waals surface area contributed by atoms with E-state index in [2.05, 4.69) is 4.90 Å². The molecule has 1 saturated heterocycles. The summed E-state index contributed by atoms with van der Waals surface area (Å²) in [7, 11) is 0. The molecule has 0 radical (unpaired) electrons. The highest BCUT2D eigenvalue weighted by molar-refractivity contribution is 6.17. The van der Waals surface area contributed by atoms with Gasteiger partial charge in [0, 0.05) is 43.9 Å². The fraction of sp³-hybridized carbons (Fsp3) is 0.276. The number of hydrogen-bond donors (Lipinski definition) is 0. The van der Waals surface area contributed by atoms with Crippen LogP contribution in [-0.4, -0.2) is 78.3 Å². The van der Waals surface area contributed by atoms with Crippen LogP contribution in [0.4, 0.5) is 5.69 Å². The first-order valence-electron chi connectivity index (χ1n) is 12.6. The van der Waals surface area contributed by atoms with Crippen molar-refractivity contribution in [2.45, 2.75) is 6.17 Å². The van der Waals surface area contributed by atoms with Gasteiger partial charge in [-0.3, -0.25) is 24.2 Å². The summed E-state index contributed by atoms with van der Waals surface area (Å²) in [6.07, 6.45) is -0.619. The van der Waals surface area contributed by atoms with E-state index >= 15 is 0 Å². The van der Waals surface area contributed by atoms with Crippen molar-refractivity contribution in [2.24, 2.45) is 0 Å². The van der Waals surface area contributed by atoms with Crippen LogP contribution < -0.4 is 9.64 Å². The van der Waals surface area contributed by atoms with E-state index in [0.29, 0.717) is 36.5 Å². The largest absolute Gasteiger partial charge is 0.492 e. The molecule has 3 aromatic carbocycles. The fourth-order valence-electron chi connectivity index (χ4n) is 5.41. The third-order valence-electron chi connectivity index (χ3n) is 7.33. The van der Waals surface area contributed by atoms with Gasteiger partial charge < -0.3 is 14.5 Å². The number of ether oxygens (including phenoxy) is 1. The number of benzene rings is 3. The Bertz CT molecular complexity index is 1340. The lowest BCUT2D eigenvalue weighted by Crippen LogP contribution is -2.55. The quantitative estimate of drug-likeness (QED) is 0.525. The number of amides is 3. The Hall–Kier alpha value is -4.17. The Morgan fingerprint density at radius 1 is 0.784 bits per heavy atom. The van der Waals surface area contributed by atoms with Crippen molar-refractivity contribution in [3.05, 3.63) is 95.6 Å². The van der Waals surface area contributed by atoms with Crippen molar-refractivity contribution >= 4 is 23.4 Å². The Labute approximate surface area is 215 Å². The van der Waals surface area contributed by atoms with Gasteiger partial charge in [0.25, 0.3) is 11.8 Å². The molecule has 0 aliphatic carbocycles. The number of nitrogens with zero attached hydrogens (tertiary/aromatic N) is 4. The van der Waals surface area contributed by atoms with Crippen molar-refractivity contribution in [1.29, 1.82) is 0 Å². The highest BCUT2D eigenvalue weighted by Gasteiger charge is 2.48. The summed E-state index contributed by atoms with van der Waals surface area (Å²) in [4.78, 5) is 47.6. The summed E-state index contributed by atoms with van der Waals surface area (Å²) < 4.78 is 5.80. The van der Waals surface area contributed by atoms with Gasteiger partial charge in [0.05, 0.1) is 11.3 Å². The summed E-state index contributed by atoms with van der Waals surface area (Å²) in [6.45, 7) is 3.97. The van der Waals surface area contributed by atoms with Gasteiger partial charge in [-0.25, -0.2) is 0 Å². The van der Waals surface area contributed by atoms with E-state index in [4.69, 9.17) is 4.74 Å².